The largest absolute Gasteiger partial charge is 0.508 e. The van der Waals surface area contributed by atoms with Gasteiger partial charge in [0, 0.05) is 12.8 Å². The van der Waals surface area contributed by atoms with E-state index >= 15 is 0 Å². The number of fused-ring (bicyclic) bond motifs is 2. The van der Waals surface area contributed by atoms with Gasteiger partial charge in [0.25, 0.3) is 0 Å². The third kappa shape index (κ3) is 3.83. The van der Waals surface area contributed by atoms with Crippen molar-refractivity contribution in [1.82, 2.24) is 0 Å². The molecule has 3 atom stereocenters. The lowest BCUT2D eigenvalue weighted by atomic mass is 9.93. The average molecular weight is 356 g/mol. The van der Waals surface area contributed by atoms with Crippen LogP contribution in [0, 0.1) is 0 Å². The molecule has 1 saturated heterocycles. The van der Waals surface area contributed by atoms with Gasteiger partial charge in [-0.2, -0.15) is 0 Å². The molecular formula is C21H24O5. The zero-order valence-electron chi connectivity index (χ0n) is 14.9. The summed E-state index contributed by atoms with van der Waals surface area (Å²) in [7, 11) is 0. The normalized spacial score (nSPS) is 30.6. The van der Waals surface area contributed by atoms with Crippen molar-refractivity contribution < 1.29 is 24.2 Å². The van der Waals surface area contributed by atoms with E-state index in [9.17, 15) is 14.7 Å². The van der Waals surface area contributed by atoms with Crippen LogP contribution in [0.5, 0.6) is 5.75 Å². The number of carbonyl (C=O) groups is 2. The second kappa shape index (κ2) is 6.88. The van der Waals surface area contributed by atoms with E-state index < -0.39 is 5.97 Å². The summed E-state index contributed by atoms with van der Waals surface area (Å²) in [5.41, 5.74) is 1.82. The van der Waals surface area contributed by atoms with E-state index in [1.54, 1.807) is 12.1 Å². The van der Waals surface area contributed by atoms with Gasteiger partial charge in [-0.25, -0.2) is 4.79 Å². The van der Waals surface area contributed by atoms with Crippen molar-refractivity contribution in [2.45, 2.75) is 69.7 Å². The number of esters is 1. The number of ketones is 1. The summed E-state index contributed by atoms with van der Waals surface area (Å²) >= 11 is 0. The van der Waals surface area contributed by atoms with Crippen molar-refractivity contribution >= 4 is 11.8 Å². The highest BCUT2D eigenvalue weighted by atomic mass is 16.6. The Morgan fingerprint density at radius 1 is 1.12 bits per heavy atom. The number of rotatable bonds is 1. The minimum Gasteiger partial charge on any atom is -0.508 e. The number of phenols is 1. The molecular weight excluding hydrogens is 332 g/mol. The zero-order valence-corrected chi connectivity index (χ0v) is 14.9. The fraction of sp³-hybridized carbons (Fsp3) is 0.524. The van der Waals surface area contributed by atoms with Crippen LogP contribution in [0.4, 0.5) is 0 Å². The van der Waals surface area contributed by atoms with Gasteiger partial charge < -0.3 is 14.6 Å². The molecule has 5 nitrogen and oxygen atoms in total. The molecule has 0 bridgehead atoms. The second-order valence-corrected chi connectivity index (χ2v) is 7.63. The first-order valence-corrected chi connectivity index (χ1v) is 9.43. The summed E-state index contributed by atoms with van der Waals surface area (Å²) in [5.74, 6) is -0.122. The number of epoxide rings is 1. The van der Waals surface area contributed by atoms with E-state index in [0.717, 1.165) is 31.2 Å². The smallest absolute Gasteiger partial charge is 0.338 e. The van der Waals surface area contributed by atoms with Gasteiger partial charge in [0.1, 0.15) is 11.9 Å². The number of benzene rings is 1. The molecule has 1 N–H and O–H groups in total. The van der Waals surface area contributed by atoms with Crippen LogP contribution in [0.2, 0.25) is 0 Å². The van der Waals surface area contributed by atoms with Gasteiger partial charge in [-0.1, -0.05) is 6.08 Å². The number of phenolic OH excluding ortho intramolecular Hbond substituents is 1. The molecule has 5 heteroatoms. The highest BCUT2D eigenvalue weighted by Crippen LogP contribution is 2.44. The molecule has 0 aromatic heterocycles. The Bertz CT molecular complexity index is 762. The Labute approximate surface area is 153 Å². The van der Waals surface area contributed by atoms with Crippen molar-refractivity contribution in [3.63, 3.8) is 0 Å². The highest BCUT2D eigenvalue weighted by Gasteiger charge is 2.40. The Hall–Kier alpha value is -2.14. The molecule has 4 rings (SSSR count). The van der Waals surface area contributed by atoms with Gasteiger partial charge in [-0.15, -0.1) is 0 Å². The first kappa shape index (κ1) is 17.3. The number of carbonyl (C=O) groups excluding carboxylic acids is 2. The first-order valence-electron chi connectivity index (χ1n) is 9.43. The van der Waals surface area contributed by atoms with Crippen molar-refractivity contribution in [2.75, 3.05) is 0 Å². The van der Waals surface area contributed by atoms with Crippen molar-refractivity contribution in [2.24, 2.45) is 0 Å². The molecule has 1 aliphatic carbocycles. The molecule has 3 unspecified atom stereocenters. The molecule has 1 aromatic carbocycles. The van der Waals surface area contributed by atoms with Crippen LogP contribution in [-0.4, -0.2) is 35.2 Å². The Morgan fingerprint density at radius 2 is 1.92 bits per heavy atom. The van der Waals surface area contributed by atoms with Crippen LogP contribution in [0.3, 0.4) is 0 Å². The van der Waals surface area contributed by atoms with Crippen LogP contribution >= 0.6 is 0 Å². The van der Waals surface area contributed by atoms with Gasteiger partial charge >= 0.3 is 5.97 Å². The van der Waals surface area contributed by atoms with Crippen molar-refractivity contribution in [3.05, 3.63) is 41.0 Å². The molecule has 26 heavy (non-hydrogen) atoms. The Morgan fingerprint density at radius 3 is 2.69 bits per heavy atom. The molecule has 2 fully saturated rings. The molecule has 1 aromatic rings. The van der Waals surface area contributed by atoms with E-state index in [1.807, 2.05) is 13.0 Å². The predicted octanol–water partition coefficient (Wildman–Crippen LogP) is 3.43. The fourth-order valence-electron chi connectivity index (χ4n) is 3.79. The number of aromatic hydroxyl groups is 1. The van der Waals surface area contributed by atoms with Crippen LogP contribution < -0.4 is 0 Å². The van der Waals surface area contributed by atoms with Crippen molar-refractivity contribution in [1.29, 1.82) is 0 Å². The van der Waals surface area contributed by atoms with E-state index in [1.165, 1.54) is 6.07 Å². The molecule has 0 spiro atoms. The quantitative estimate of drug-likeness (QED) is 0.616. The monoisotopic (exact) mass is 356 g/mol. The maximum absolute atomic E-state index is 12.9. The predicted molar refractivity (Wildman–Crippen MR) is 95.3 cm³/mol. The van der Waals surface area contributed by atoms with Crippen LogP contribution in [0.15, 0.2) is 24.3 Å². The van der Waals surface area contributed by atoms with Gasteiger partial charge in [0.05, 0.1) is 17.8 Å². The summed E-state index contributed by atoms with van der Waals surface area (Å²) in [6, 6.07) is 3.16. The molecule has 3 aliphatic rings. The maximum Gasteiger partial charge on any atom is 0.338 e. The summed E-state index contributed by atoms with van der Waals surface area (Å²) in [6.07, 6.45) is 7.95. The number of cyclic esters (lactones) is 1. The van der Waals surface area contributed by atoms with E-state index in [-0.39, 0.29) is 42.2 Å². The van der Waals surface area contributed by atoms with Gasteiger partial charge in [-0.3, -0.25) is 4.79 Å². The minimum absolute atomic E-state index is 0.0789. The third-order valence-corrected chi connectivity index (χ3v) is 5.30. The number of ether oxygens (including phenoxy) is 2. The molecule has 2 heterocycles. The molecule has 2 aliphatic heterocycles. The van der Waals surface area contributed by atoms with Gasteiger partial charge in [0.2, 0.25) is 0 Å². The molecule has 0 amide bonds. The Kier molecular flexibility index (Phi) is 4.57. The van der Waals surface area contributed by atoms with Crippen LogP contribution in [0.1, 0.15) is 66.4 Å². The third-order valence-electron chi connectivity index (χ3n) is 5.30. The minimum atomic E-state index is -0.402. The SMILES string of the molecule is CC1CC2OC2CC/C=C/C(=O)Cc2cc(O)cc(C3CC3)c2C(=O)O1. The second-order valence-electron chi connectivity index (χ2n) is 7.63. The average Bonchev–Trinajstić information content (AvgIpc) is 3.46. The van der Waals surface area contributed by atoms with Crippen molar-refractivity contribution in [3.8, 4) is 5.75 Å². The van der Waals surface area contributed by atoms with Gasteiger partial charge in [0.15, 0.2) is 5.78 Å². The molecule has 1 saturated carbocycles. The lowest BCUT2D eigenvalue weighted by Crippen LogP contribution is -2.20. The lowest BCUT2D eigenvalue weighted by Gasteiger charge is -2.17. The molecule has 138 valence electrons. The topological polar surface area (TPSA) is 76.1 Å². The van der Waals surface area contributed by atoms with E-state index in [2.05, 4.69) is 0 Å². The Balaban J connectivity index is 1.69. The van der Waals surface area contributed by atoms with E-state index in [0.29, 0.717) is 17.5 Å². The highest BCUT2D eigenvalue weighted by molar-refractivity contribution is 5.98. The van der Waals surface area contributed by atoms with E-state index in [4.69, 9.17) is 9.47 Å². The lowest BCUT2D eigenvalue weighted by molar-refractivity contribution is -0.114. The standard InChI is InChI=1S/C21H24O5/c1-12-8-19-18(26-19)5-3-2-4-15(22)9-14-10-16(23)11-17(13-6-7-13)20(14)21(24)25-12/h2,4,10-13,18-19,23H,3,5-9H2,1H3/b4-2+. The summed E-state index contributed by atoms with van der Waals surface area (Å²) < 4.78 is 11.3. The number of hydrogen-bond acceptors (Lipinski definition) is 5. The van der Waals surface area contributed by atoms with Crippen LogP contribution in [0.25, 0.3) is 0 Å². The molecule has 0 radical (unpaired) electrons. The summed E-state index contributed by atoms with van der Waals surface area (Å²) in [6.45, 7) is 1.88. The number of hydrogen-bond donors (Lipinski definition) is 1. The summed E-state index contributed by atoms with van der Waals surface area (Å²) in [4.78, 5) is 25.2. The van der Waals surface area contributed by atoms with Gasteiger partial charge in [-0.05, 0) is 67.9 Å². The van der Waals surface area contributed by atoms with Crippen LogP contribution in [-0.2, 0) is 20.7 Å². The fourth-order valence-corrected chi connectivity index (χ4v) is 3.79. The maximum atomic E-state index is 12.9. The summed E-state index contributed by atoms with van der Waals surface area (Å²) in [5, 5.41) is 10.1. The zero-order chi connectivity index (χ0) is 18.3. The first-order chi connectivity index (χ1) is 12.5. The number of allylic oxidation sites excluding steroid dienone is 2.